The smallest absolute Gasteiger partial charge is 0.387 e. The second kappa shape index (κ2) is 6.30. The molecule has 1 aliphatic heterocycles. The molecule has 2 unspecified atom stereocenters. The predicted molar refractivity (Wildman–Crippen MR) is 70.3 cm³/mol. The van der Waals surface area contributed by atoms with E-state index in [1.807, 2.05) is 6.07 Å². The van der Waals surface area contributed by atoms with Gasteiger partial charge in [-0.2, -0.15) is 8.78 Å². The molecule has 1 aromatic rings. The van der Waals surface area contributed by atoms with Crippen LogP contribution >= 0.6 is 0 Å². The SMILES string of the molecule is CC(c1cccc(OC(F)F)c1)N1CCCC(N)C1. The Kier molecular flexibility index (Phi) is 4.71. The number of halogens is 2. The van der Waals surface area contributed by atoms with Crippen molar-refractivity contribution in [3.05, 3.63) is 29.8 Å². The van der Waals surface area contributed by atoms with E-state index >= 15 is 0 Å². The predicted octanol–water partition coefficient (Wildman–Crippen LogP) is 2.77. The highest BCUT2D eigenvalue weighted by Gasteiger charge is 2.22. The van der Waals surface area contributed by atoms with E-state index in [1.54, 1.807) is 18.2 Å². The molecule has 19 heavy (non-hydrogen) atoms. The maximum Gasteiger partial charge on any atom is 0.387 e. The highest BCUT2D eigenvalue weighted by atomic mass is 19.3. The van der Waals surface area contributed by atoms with Crippen LogP contribution in [0.1, 0.15) is 31.4 Å². The van der Waals surface area contributed by atoms with Gasteiger partial charge in [0.05, 0.1) is 0 Å². The first-order valence-electron chi connectivity index (χ1n) is 6.60. The molecule has 3 nitrogen and oxygen atoms in total. The molecule has 0 amide bonds. The van der Waals surface area contributed by atoms with Crippen molar-refractivity contribution in [2.45, 2.75) is 38.5 Å². The van der Waals surface area contributed by atoms with Crippen LogP contribution in [0.2, 0.25) is 0 Å². The Hall–Kier alpha value is -1.20. The number of rotatable bonds is 4. The maximum atomic E-state index is 12.2. The standard InChI is InChI=1S/C14H20F2N2O/c1-10(18-7-3-5-12(17)9-18)11-4-2-6-13(8-11)19-14(15)16/h2,4,6,8,10,12,14H,3,5,7,9,17H2,1H3. The van der Waals surface area contributed by atoms with Crippen LogP contribution in [0.3, 0.4) is 0 Å². The number of ether oxygens (including phenoxy) is 1. The Bertz CT molecular complexity index is 414. The summed E-state index contributed by atoms with van der Waals surface area (Å²) < 4.78 is 28.9. The van der Waals surface area contributed by atoms with Crippen molar-refractivity contribution in [3.8, 4) is 5.75 Å². The van der Waals surface area contributed by atoms with Crippen LogP contribution in [0.5, 0.6) is 5.75 Å². The first kappa shape index (κ1) is 14.2. The van der Waals surface area contributed by atoms with E-state index in [0.29, 0.717) is 0 Å². The maximum absolute atomic E-state index is 12.2. The van der Waals surface area contributed by atoms with Crippen LogP contribution in [0, 0.1) is 0 Å². The van der Waals surface area contributed by atoms with Crippen molar-refractivity contribution >= 4 is 0 Å². The first-order valence-corrected chi connectivity index (χ1v) is 6.60. The van der Waals surface area contributed by atoms with Gasteiger partial charge >= 0.3 is 6.61 Å². The Labute approximate surface area is 112 Å². The average Bonchev–Trinajstić information content (AvgIpc) is 2.37. The average molecular weight is 270 g/mol. The lowest BCUT2D eigenvalue weighted by atomic mass is 10.0. The zero-order chi connectivity index (χ0) is 13.8. The van der Waals surface area contributed by atoms with Crippen LogP contribution in [0.4, 0.5) is 8.78 Å². The first-order chi connectivity index (χ1) is 9.06. The third-order valence-corrected chi connectivity index (χ3v) is 3.60. The molecule has 2 N–H and O–H groups in total. The topological polar surface area (TPSA) is 38.5 Å². The number of nitrogens with zero attached hydrogens (tertiary/aromatic N) is 1. The van der Waals surface area contributed by atoms with Gasteiger partial charge < -0.3 is 10.5 Å². The Morgan fingerprint density at radius 3 is 2.89 bits per heavy atom. The summed E-state index contributed by atoms with van der Waals surface area (Å²) in [6.07, 6.45) is 2.14. The molecule has 5 heteroatoms. The third kappa shape index (κ3) is 3.88. The normalized spacial score (nSPS) is 22.5. The molecule has 0 saturated carbocycles. The molecular formula is C14H20F2N2O. The minimum Gasteiger partial charge on any atom is -0.435 e. The summed E-state index contributed by atoms with van der Waals surface area (Å²) in [6.45, 7) is 1.13. The van der Waals surface area contributed by atoms with E-state index < -0.39 is 6.61 Å². The third-order valence-electron chi connectivity index (χ3n) is 3.60. The Morgan fingerprint density at radius 1 is 1.42 bits per heavy atom. The van der Waals surface area contributed by atoms with Gasteiger partial charge in [0, 0.05) is 18.6 Å². The van der Waals surface area contributed by atoms with Crippen LogP contribution in [-0.4, -0.2) is 30.6 Å². The summed E-state index contributed by atoms with van der Waals surface area (Å²) >= 11 is 0. The molecule has 2 rings (SSSR count). The number of benzene rings is 1. The summed E-state index contributed by atoms with van der Waals surface area (Å²) in [5, 5.41) is 0. The minimum absolute atomic E-state index is 0.160. The lowest BCUT2D eigenvalue weighted by molar-refractivity contribution is -0.0499. The zero-order valence-corrected chi connectivity index (χ0v) is 11.1. The van der Waals surface area contributed by atoms with Gasteiger partial charge in [0.25, 0.3) is 0 Å². The number of alkyl halides is 2. The minimum atomic E-state index is -2.78. The van der Waals surface area contributed by atoms with Gasteiger partial charge in [0.1, 0.15) is 5.75 Å². The van der Waals surface area contributed by atoms with Gasteiger partial charge in [-0.05, 0) is 44.0 Å². The second-order valence-electron chi connectivity index (χ2n) is 5.02. The van der Waals surface area contributed by atoms with E-state index in [-0.39, 0.29) is 17.8 Å². The van der Waals surface area contributed by atoms with E-state index in [1.165, 1.54) is 0 Å². The highest BCUT2D eigenvalue weighted by Crippen LogP contribution is 2.26. The lowest BCUT2D eigenvalue weighted by Crippen LogP contribution is -2.43. The van der Waals surface area contributed by atoms with Crippen molar-refractivity contribution < 1.29 is 13.5 Å². The number of likely N-dealkylation sites (tertiary alicyclic amines) is 1. The zero-order valence-electron chi connectivity index (χ0n) is 11.1. The van der Waals surface area contributed by atoms with Crippen molar-refractivity contribution in [2.24, 2.45) is 5.73 Å². The Morgan fingerprint density at radius 2 is 2.21 bits per heavy atom. The number of nitrogens with two attached hydrogens (primary N) is 1. The molecule has 0 radical (unpaired) electrons. The molecule has 1 saturated heterocycles. The molecule has 1 aromatic carbocycles. The van der Waals surface area contributed by atoms with E-state index in [9.17, 15) is 8.78 Å². The number of hydrogen-bond acceptors (Lipinski definition) is 3. The fourth-order valence-corrected chi connectivity index (χ4v) is 2.55. The molecule has 0 spiro atoms. The fourth-order valence-electron chi connectivity index (χ4n) is 2.55. The molecule has 1 heterocycles. The number of hydrogen-bond donors (Lipinski definition) is 1. The fraction of sp³-hybridized carbons (Fsp3) is 0.571. The van der Waals surface area contributed by atoms with Gasteiger partial charge in [-0.25, -0.2) is 0 Å². The van der Waals surface area contributed by atoms with Crippen LogP contribution in [-0.2, 0) is 0 Å². The van der Waals surface area contributed by atoms with Crippen LogP contribution in [0.25, 0.3) is 0 Å². The van der Waals surface area contributed by atoms with Crippen LogP contribution < -0.4 is 10.5 Å². The van der Waals surface area contributed by atoms with Gasteiger partial charge in [-0.1, -0.05) is 12.1 Å². The highest BCUT2D eigenvalue weighted by molar-refractivity contribution is 5.30. The quantitative estimate of drug-likeness (QED) is 0.914. The molecule has 1 fully saturated rings. The van der Waals surface area contributed by atoms with Crippen molar-refractivity contribution in [3.63, 3.8) is 0 Å². The summed E-state index contributed by atoms with van der Waals surface area (Å²) in [7, 11) is 0. The second-order valence-corrected chi connectivity index (χ2v) is 5.02. The largest absolute Gasteiger partial charge is 0.435 e. The van der Waals surface area contributed by atoms with Crippen LogP contribution in [0.15, 0.2) is 24.3 Å². The van der Waals surface area contributed by atoms with Gasteiger partial charge in [-0.15, -0.1) is 0 Å². The number of piperidine rings is 1. The van der Waals surface area contributed by atoms with E-state index in [4.69, 9.17) is 5.73 Å². The Balaban J connectivity index is 2.07. The summed E-state index contributed by atoms with van der Waals surface area (Å²) in [5.41, 5.74) is 6.95. The molecule has 0 bridgehead atoms. The molecule has 0 aromatic heterocycles. The molecule has 1 aliphatic rings. The summed E-state index contributed by atoms with van der Waals surface area (Å²) in [5.74, 6) is 0.209. The van der Waals surface area contributed by atoms with Gasteiger partial charge in [0.15, 0.2) is 0 Å². The monoisotopic (exact) mass is 270 g/mol. The molecule has 106 valence electrons. The summed E-state index contributed by atoms with van der Waals surface area (Å²) in [4.78, 5) is 2.29. The summed E-state index contributed by atoms with van der Waals surface area (Å²) in [6, 6.07) is 7.27. The molecular weight excluding hydrogens is 250 g/mol. The molecule has 2 atom stereocenters. The van der Waals surface area contributed by atoms with Crippen molar-refractivity contribution in [1.82, 2.24) is 4.90 Å². The van der Waals surface area contributed by atoms with E-state index in [0.717, 1.165) is 31.5 Å². The van der Waals surface area contributed by atoms with Crippen molar-refractivity contribution in [2.75, 3.05) is 13.1 Å². The van der Waals surface area contributed by atoms with Crippen molar-refractivity contribution in [1.29, 1.82) is 0 Å². The molecule has 0 aliphatic carbocycles. The van der Waals surface area contributed by atoms with Gasteiger partial charge in [-0.3, -0.25) is 4.90 Å². The van der Waals surface area contributed by atoms with E-state index in [2.05, 4.69) is 16.6 Å². The van der Waals surface area contributed by atoms with Gasteiger partial charge in [0.2, 0.25) is 0 Å². The lowest BCUT2D eigenvalue weighted by Gasteiger charge is -2.35.